The van der Waals surface area contributed by atoms with Crippen LogP contribution in [0, 0.1) is 13.8 Å². The van der Waals surface area contributed by atoms with E-state index in [0.29, 0.717) is 16.1 Å². The van der Waals surface area contributed by atoms with Crippen molar-refractivity contribution in [3.05, 3.63) is 51.3 Å². The third-order valence-corrected chi connectivity index (χ3v) is 3.08. The van der Waals surface area contributed by atoms with Crippen molar-refractivity contribution >= 4 is 23.2 Å². The van der Waals surface area contributed by atoms with E-state index >= 15 is 0 Å². The summed E-state index contributed by atoms with van der Waals surface area (Å²) in [5, 5.41) is 1.15. The van der Waals surface area contributed by atoms with Crippen LogP contribution in [0.1, 0.15) is 17.0 Å². The Kier molecular flexibility index (Phi) is 4.04. The van der Waals surface area contributed by atoms with Crippen LogP contribution in [0.25, 0.3) is 0 Å². The molecule has 0 atom stereocenters. The minimum atomic E-state index is 0.251. The maximum Gasteiger partial charge on any atom is 0.317 e. The second-order valence-electron chi connectivity index (χ2n) is 3.92. The van der Waals surface area contributed by atoms with Crippen molar-refractivity contribution in [1.82, 2.24) is 9.97 Å². The molecule has 1 aromatic carbocycles. The molecule has 3 nitrogen and oxygen atoms in total. The first kappa shape index (κ1) is 13.1. The van der Waals surface area contributed by atoms with Gasteiger partial charge in [-0.15, -0.1) is 0 Å². The molecule has 0 radical (unpaired) electrons. The first-order valence-corrected chi connectivity index (χ1v) is 6.20. The van der Waals surface area contributed by atoms with Gasteiger partial charge < -0.3 is 4.74 Å². The number of hydrogen-bond donors (Lipinski definition) is 0. The number of aryl methyl sites for hydroxylation is 2. The van der Waals surface area contributed by atoms with Crippen LogP contribution in [0.2, 0.25) is 10.0 Å². The first-order chi connectivity index (χ1) is 8.56. The van der Waals surface area contributed by atoms with Gasteiger partial charge in [-0.3, -0.25) is 0 Å². The molecule has 0 fully saturated rings. The summed E-state index contributed by atoms with van der Waals surface area (Å²) in [7, 11) is 0. The molecule has 0 saturated heterocycles. The van der Waals surface area contributed by atoms with Gasteiger partial charge >= 0.3 is 6.01 Å². The van der Waals surface area contributed by atoms with Crippen LogP contribution in [-0.4, -0.2) is 9.97 Å². The number of aromatic nitrogens is 2. The molecule has 0 saturated carbocycles. The molecule has 1 aromatic heterocycles. The Hall–Kier alpha value is -1.32. The highest BCUT2D eigenvalue weighted by atomic mass is 35.5. The van der Waals surface area contributed by atoms with Crippen LogP contribution < -0.4 is 4.74 Å². The SMILES string of the molecule is Cc1cc(C)nc(OCc2c(Cl)cccc2Cl)n1. The topological polar surface area (TPSA) is 35.0 Å². The number of nitrogens with zero attached hydrogens (tertiary/aromatic N) is 2. The van der Waals surface area contributed by atoms with Crippen LogP contribution in [0.15, 0.2) is 24.3 Å². The van der Waals surface area contributed by atoms with Crippen LogP contribution in [-0.2, 0) is 6.61 Å². The molecule has 1 heterocycles. The average Bonchev–Trinajstić information content (AvgIpc) is 2.27. The molecule has 0 N–H and O–H groups in total. The van der Waals surface area contributed by atoms with Gasteiger partial charge in [0.25, 0.3) is 0 Å². The fourth-order valence-electron chi connectivity index (χ4n) is 1.57. The van der Waals surface area contributed by atoms with E-state index < -0.39 is 0 Å². The highest BCUT2D eigenvalue weighted by Gasteiger charge is 2.07. The molecule has 5 heteroatoms. The molecule has 0 unspecified atom stereocenters. The Morgan fingerprint density at radius 1 is 1.06 bits per heavy atom. The molecular formula is C13H12Cl2N2O. The van der Waals surface area contributed by atoms with Crippen LogP contribution in [0.4, 0.5) is 0 Å². The van der Waals surface area contributed by atoms with E-state index in [1.807, 2.05) is 19.9 Å². The molecule has 0 amide bonds. The summed E-state index contributed by atoms with van der Waals surface area (Å²) >= 11 is 12.1. The zero-order chi connectivity index (χ0) is 13.1. The van der Waals surface area contributed by atoms with Crippen molar-refractivity contribution < 1.29 is 4.74 Å². The van der Waals surface area contributed by atoms with Gasteiger partial charge in [0.05, 0.1) is 0 Å². The van der Waals surface area contributed by atoms with E-state index in [-0.39, 0.29) is 6.61 Å². The van der Waals surface area contributed by atoms with Crippen molar-refractivity contribution in [3.8, 4) is 6.01 Å². The lowest BCUT2D eigenvalue weighted by molar-refractivity contribution is 0.279. The lowest BCUT2D eigenvalue weighted by Gasteiger charge is -2.08. The Morgan fingerprint density at radius 2 is 1.61 bits per heavy atom. The molecule has 0 aliphatic rings. The molecule has 0 aliphatic heterocycles. The molecular weight excluding hydrogens is 271 g/mol. The van der Waals surface area contributed by atoms with Crippen molar-refractivity contribution in [2.45, 2.75) is 20.5 Å². The van der Waals surface area contributed by atoms with Gasteiger partial charge in [-0.1, -0.05) is 29.3 Å². The van der Waals surface area contributed by atoms with Gasteiger partial charge in [-0.2, -0.15) is 0 Å². The molecule has 0 bridgehead atoms. The van der Waals surface area contributed by atoms with E-state index in [1.165, 1.54) is 0 Å². The molecule has 2 rings (SSSR count). The maximum atomic E-state index is 6.05. The highest BCUT2D eigenvalue weighted by molar-refractivity contribution is 6.35. The average molecular weight is 283 g/mol. The Labute approximate surface area is 116 Å². The summed E-state index contributed by atoms with van der Waals surface area (Å²) in [5.41, 5.74) is 2.47. The monoisotopic (exact) mass is 282 g/mol. The summed E-state index contributed by atoms with van der Waals surface area (Å²) in [6, 6.07) is 7.56. The molecule has 2 aromatic rings. The Balaban J connectivity index is 2.16. The number of ether oxygens (including phenoxy) is 1. The minimum absolute atomic E-state index is 0.251. The number of halogens is 2. The van der Waals surface area contributed by atoms with Crippen molar-refractivity contribution in [2.24, 2.45) is 0 Å². The third kappa shape index (κ3) is 3.12. The predicted octanol–water partition coefficient (Wildman–Crippen LogP) is 3.98. The van der Waals surface area contributed by atoms with Crippen molar-refractivity contribution in [3.63, 3.8) is 0 Å². The van der Waals surface area contributed by atoms with Crippen LogP contribution >= 0.6 is 23.2 Å². The summed E-state index contributed by atoms with van der Waals surface area (Å²) in [5.74, 6) is 0. The largest absolute Gasteiger partial charge is 0.458 e. The molecule has 94 valence electrons. The normalized spacial score (nSPS) is 10.4. The van der Waals surface area contributed by atoms with Crippen LogP contribution in [0.5, 0.6) is 6.01 Å². The van der Waals surface area contributed by atoms with Gasteiger partial charge in [-0.05, 0) is 32.0 Å². The van der Waals surface area contributed by atoms with E-state index in [0.717, 1.165) is 17.0 Å². The fraction of sp³-hybridized carbons (Fsp3) is 0.231. The lowest BCUT2D eigenvalue weighted by atomic mass is 10.2. The van der Waals surface area contributed by atoms with Gasteiger partial charge in [0, 0.05) is 27.0 Å². The van der Waals surface area contributed by atoms with Crippen LogP contribution in [0.3, 0.4) is 0 Å². The fourth-order valence-corrected chi connectivity index (χ4v) is 2.07. The molecule has 18 heavy (non-hydrogen) atoms. The zero-order valence-corrected chi connectivity index (χ0v) is 11.6. The standard InChI is InChI=1S/C13H12Cl2N2O/c1-8-6-9(2)17-13(16-8)18-7-10-11(14)4-3-5-12(10)15/h3-6H,7H2,1-2H3. The second kappa shape index (κ2) is 5.55. The van der Waals surface area contributed by atoms with Crippen molar-refractivity contribution in [1.29, 1.82) is 0 Å². The summed E-state index contributed by atoms with van der Waals surface area (Å²) in [4.78, 5) is 8.38. The van der Waals surface area contributed by atoms with Gasteiger partial charge in [-0.25, -0.2) is 9.97 Å². The number of hydrogen-bond acceptors (Lipinski definition) is 3. The Morgan fingerprint density at radius 3 is 2.17 bits per heavy atom. The predicted molar refractivity (Wildman–Crippen MR) is 72.3 cm³/mol. The van der Waals surface area contributed by atoms with Gasteiger partial charge in [0.1, 0.15) is 6.61 Å². The summed E-state index contributed by atoms with van der Waals surface area (Å²) < 4.78 is 5.52. The smallest absolute Gasteiger partial charge is 0.317 e. The number of benzene rings is 1. The number of rotatable bonds is 3. The maximum absolute atomic E-state index is 6.05. The third-order valence-electron chi connectivity index (χ3n) is 2.37. The lowest BCUT2D eigenvalue weighted by Crippen LogP contribution is -2.02. The van der Waals surface area contributed by atoms with Gasteiger partial charge in [0.2, 0.25) is 0 Å². The van der Waals surface area contributed by atoms with E-state index in [1.54, 1.807) is 18.2 Å². The minimum Gasteiger partial charge on any atom is -0.458 e. The second-order valence-corrected chi connectivity index (χ2v) is 4.74. The van der Waals surface area contributed by atoms with Gasteiger partial charge in [0.15, 0.2) is 0 Å². The zero-order valence-electron chi connectivity index (χ0n) is 10.1. The summed E-state index contributed by atoms with van der Waals surface area (Å²) in [6.45, 7) is 4.04. The van der Waals surface area contributed by atoms with Crippen molar-refractivity contribution in [2.75, 3.05) is 0 Å². The summed E-state index contributed by atoms with van der Waals surface area (Å²) in [6.07, 6.45) is 0. The molecule has 0 spiro atoms. The first-order valence-electron chi connectivity index (χ1n) is 5.44. The quantitative estimate of drug-likeness (QED) is 0.854. The van der Waals surface area contributed by atoms with E-state index in [4.69, 9.17) is 27.9 Å². The molecule has 0 aliphatic carbocycles. The van der Waals surface area contributed by atoms with E-state index in [9.17, 15) is 0 Å². The highest BCUT2D eigenvalue weighted by Crippen LogP contribution is 2.25. The Bertz CT molecular complexity index is 532. The van der Waals surface area contributed by atoms with E-state index in [2.05, 4.69) is 9.97 Å².